The van der Waals surface area contributed by atoms with E-state index in [9.17, 15) is 13.2 Å². The first-order chi connectivity index (χ1) is 9.23. The van der Waals surface area contributed by atoms with Gasteiger partial charge in [-0.25, -0.2) is 13.2 Å². The molecular weight excluding hydrogens is 298 g/mol. The van der Waals surface area contributed by atoms with Crippen LogP contribution in [-0.2, 0) is 10.0 Å². The molecule has 2 heterocycles. The molecule has 0 aliphatic carbocycles. The van der Waals surface area contributed by atoms with Gasteiger partial charge >= 0.3 is 5.97 Å². The second kappa shape index (κ2) is 5.46. The zero-order valence-electron chi connectivity index (χ0n) is 11.8. The van der Waals surface area contributed by atoms with Gasteiger partial charge in [-0.15, -0.1) is 11.3 Å². The lowest BCUT2D eigenvalue weighted by molar-refractivity contribution is 0.0702. The van der Waals surface area contributed by atoms with E-state index < -0.39 is 16.0 Å². The Labute approximate surface area is 123 Å². The summed E-state index contributed by atoms with van der Waals surface area (Å²) < 4.78 is 26.8. The van der Waals surface area contributed by atoms with Crippen LogP contribution < -0.4 is 0 Å². The van der Waals surface area contributed by atoms with Crippen LogP contribution in [0.1, 0.15) is 34.8 Å². The second-order valence-electron chi connectivity index (χ2n) is 5.44. The van der Waals surface area contributed by atoms with Gasteiger partial charge in [-0.3, -0.25) is 0 Å². The summed E-state index contributed by atoms with van der Waals surface area (Å²) in [5.41, 5.74) is 0. The van der Waals surface area contributed by atoms with Crippen molar-refractivity contribution in [2.45, 2.75) is 32.1 Å². The maximum atomic E-state index is 12.6. The Balaban J connectivity index is 2.33. The highest BCUT2D eigenvalue weighted by Crippen LogP contribution is 2.32. The fourth-order valence-corrected chi connectivity index (χ4v) is 5.36. The summed E-state index contributed by atoms with van der Waals surface area (Å²) in [5.74, 6) is -0.254. The highest BCUT2D eigenvalue weighted by Gasteiger charge is 2.33. The largest absolute Gasteiger partial charge is 0.477 e. The lowest BCUT2D eigenvalue weighted by Gasteiger charge is -2.34. The van der Waals surface area contributed by atoms with Crippen molar-refractivity contribution in [1.82, 2.24) is 4.31 Å². The molecule has 1 saturated heterocycles. The molecule has 112 valence electrons. The third-order valence-electron chi connectivity index (χ3n) is 4.00. The zero-order chi connectivity index (χ0) is 15.1. The summed E-state index contributed by atoms with van der Waals surface area (Å²) in [7, 11) is -3.58. The zero-order valence-corrected chi connectivity index (χ0v) is 13.4. The molecule has 0 radical (unpaired) electrons. The molecule has 0 aromatic carbocycles. The molecule has 0 saturated carbocycles. The molecule has 2 rings (SSSR count). The Morgan fingerprint density at radius 3 is 2.55 bits per heavy atom. The van der Waals surface area contributed by atoms with Crippen LogP contribution in [0.25, 0.3) is 0 Å². The maximum Gasteiger partial charge on any atom is 0.345 e. The maximum absolute atomic E-state index is 12.6. The molecule has 1 aliphatic rings. The number of hydrogen-bond acceptors (Lipinski definition) is 4. The van der Waals surface area contributed by atoms with Crippen LogP contribution in [-0.4, -0.2) is 36.9 Å². The molecular formula is C13H19NO4S2. The number of carboxylic acids is 1. The van der Waals surface area contributed by atoms with E-state index in [1.807, 2.05) is 0 Å². The minimum Gasteiger partial charge on any atom is -0.477 e. The van der Waals surface area contributed by atoms with Crippen molar-refractivity contribution in [3.05, 3.63) is 15.8 Å². The quantitative estimate of drug-likeness (QED) is 0.929. The summed E-state index contributed by atoms with van der Waals surface area (Å²) >= 11 is 1.01. The molecule has 2 unspecified atom stereocenters. The topological polar surface area (TPSA) is 74.7 Å². The van der Waals surface area contributed by atoms with Crippen LogP contribution >= 0.6 is 11.3 Å². The van der Waals surface area contributed by atoms with Crippen LogP contribution in [0.15, 0.2) is 11.0 Å². The van der Waals surface area contributed by atoms with Crippen molar-refractivity contribution in [1.29, 1.82) is 0 Å². The Morgan fingerprint density at radius 1 is 1.40 bits per heavy atom. The van der Waals surface area contributed by atoms with E-state index in [4.69, 9.17) is 5.11 Å². The lowest BCUT2D eigenvalue weighted by atomic mass is 9.90. The number of piperidine rings is 1. The lowest BCUT2D eigenvalue weighted by Crippen LogP contribution is -2.42. The van der Waals surface area contributed by atoms with E-state index in [-0.39, 0.29) is 9.77 Å². The van der Waals surface area contributed by atoms with Crippen molar-refractivity contribution in [3.8, 4) is 0 Å². The molecule has 2 atom stereocenters. The number of carbonyl (C=O) groups is 1. The number of rotatable bonds is 3. The van der Waals surface area contributed by atoms with E-state index >= 15 is 0 Å². The van der Waals surface area contributed by atoms with Gasteiger partial charge in [0.25, 0.3) is 0 Å². The third-order valence-corrected chi connectivity index (χ3v) is 7.16. The Hall–Kier alpha value is -0.920. The van der Waals surface area contributed by atoms with E-state index in [1.54, 1.807) is 6.92 Å². The van der Waals surface area contributed by atoms with Crippen molar-refractivity contribution in [2.75, 3.05) is 13.1 Å². The normalized spacial score (nSPS) is 24.8. The summed E-state index contributed by atoms with van der Waals surface area (Å²) in [6, 6.07) is 1.28. The number of aromatic carboxylic acids is 1. The standard InChI is InChI=1S/C13H19NO4S2/c1-8-4-5-14(7-9(8)2)20(17,18)12-6-11(13(15)16)19-10(12)3/h6,8-9H,4-5,7H2,1-3H3,(H,15,16). The van der Waals surface area contributed by atoms with Crippen molar-refractivity contribution < 1.29 is 18.3 Å². The fraction of sp³-hybridized carbons (Fsp3) is 0.615. The van der Waals surface area contributed by atoms with Crippen LogP contribution in [0.3, 0.4) is 0 Å². The molecule has 5 nitrogen and oxygen atoms in total. The first-order valence-corrected chi connectivity index (χ1v) is 8.83. The van der Waals surface area contributed by atoms with Crippen LogP contribution in [0.5, 0.6) is 0 Å². The fourth-order valence-electron chi connectivity index (χ4n) is 2.41. The number of hydrogen-bond donors (Lipinski definition) is 1. The van der Waals surface area contributed by atoms with Crippen LogP contribution in [0, 0.1) is 18.8 Å². The van der Waals surface area contributed by atoms with Gasteiger partial charge in [0.2, 0.25) is 10.0 Å². The Kier molecular flexibility index (Phi) is 4.22. The molecule has 7 heteroatoms. The summed E-state index contributed by atoms with van der Waals surface area (Å²) in [5, 5.41) is 8.98. The van der Waals surface area contributed by atoms with E-state index in [0.717, 1.165) is 17.8 Å². The van der Waals surface area contributed by atoms with E-state index in [0.29, 0.717) is 29.8 Å². The van der Waals surface area contributed by atoms with E-state index in [1.165, 1.54) is 10.4 Å². The van der Waals surface area contributed by atoms with Gasteiger partial charge < -0.3 is 5.11 Å². The highest BCUT2D eigenvalue weighted by molar-refractivity contribution is 7.89. The Bertz CT molecular complexity index is 620. The van der Waals surface area contributed by atoms with Gasteiger partial charge in [0.1, 0.15) is 4.88 Å². The van der Waals surface area contributed by atoms with Crippen molar-refractivity contribution in [3.63, 3.8) is 0 Å². The number of carboxylic acid groups (broad SMARTS) is 1. The number of thiophene rings is 1. The van der Waals surface area contributed by atoms with Crippen LogP contribution in [0.2, 0.25) is 0 Å². The van der Waals surface area contributed by atoms with Gasteiger partial charge in [0, 0.05) is 18.0 Å². The molecule has 0 bridgehead atoms. The van der Waals surface area contributed by atoms with Gasteiger partial charge in [0.05, 0.1) is 4.90 Å². The first-order valence-electron chi connectivity index (χ1n) is 6.57. The average molecular weight is 317 g/mol. The molecule has 1 aromatic heterocycles. The predicted octanol–water partition coefficient (Wildman–Crippen LogP) is 2.42. The summed E-state index contributed by atoms with van der Waals surface area (Å²) in [6.45, 7) is 6.84. The first kappa shape index (κ1) is 15.5. The minimum atomic E-state index is -3.58. The molecule has 1 aliphatic heterocycles. The van der Waals surface area contributed by atoms with Gasteiger partial charge in [-0.05, 0) is 31.2 Å². The molecule has 1 aromatic rings. The van der Waals surface area contributed by atoms with E-state index in [2.05, 4.69) is 13.8 Å². The van der Waals surface area contributed by atoms with Crippen LogP contribution in [0.4, 0.5) is 0 Å². The highest BCUT2D eigenvalue weighted by atomic mass is 32.2. The second-order valence-corrected chi connectivity index (χ2v) is 8.61. The molecule has 1 fully saturated rings. The van der Waals surface area contributed by atoms with Crippen molar-refractivity contribution >= 4 is 27.3 Å². The Morgan fingerprint density at radius 2 is 2.05 bits per heavy atom. The van der Waals surface area contributed by atoms with Gasteiger partial charge in [0.15, 0.2) is 0 Å². The van der Waals surface area contributed by atoms with Gasteiger partial charge in [-0.2, -0.15) is 4.31 Å². The van der Waals surface area contributed by atoms with Gasteiger partial charge in [-0.1, -0.05) is 13.8 Å². The summed E-state index contributed by atoms with van der Waals surface area (Å²) in [6.07, 6.45) is 0.843. The molecule has 1 N–H and O–H groups in total. The average Bonchev–Trinajstić information content (AvgIpc) is 2.75. The minimum absolute atomic E-state index is 0.0690. The number of aryl methyl sites for hydroxylation is 1. The SMILES string of the molecule is Cc1sc(C(=O)O)cc1S(=O)(=O)N1CCC(C)C(C)C1. The molecule has 20 heavy (non-hydrogen) atoms. The smallest absolute Gasteiger partial charge is 0.345 e. The molecule has 0 spiro atoms. The predicted molar refractivity (Wildman–Crippen MR) is 77.7 cm³/mol. The van der Waals surface area contributed by atoms with Crippen molar-refractivity contribution in [2.24, 2.45) is 11.8 Å². The third kappa shape index (κ3) is 2.75. The monoisotopic (exact) mass is 317 g/mol. The molecule has 0 amide bonds. The number of sulfonamides is 1. The summed E-state index contributed by atoms with van der Waals surface area (Å²) in [4.78, 5) is 11.7. The number of nitrogens with zero attached hydrogens (tertiary/aromatic N) is 1.